The number of halogens is 2. The summed E-state index contributed by atoms with van der Waals surface area (Å²) < 4.78 is 27.2. The Kier molecular flexibility index (Phi) is 5.53. The number of benzene rings is 1. The average molecular weight is 281 g/mol. The monoisotopic (exact) mass is 281 g/mol. The molecule has 112 valence electrons. The Bertz CT molecular complexity index is 433. The highest BCUT2D eigenvalue weighted by atomic mass is 19.2. The molecule has 2 rings (SSSR count). The number of hydrogen-bond donors (Lipinski definition) is 1. The smallest absolute Gasteiger partial charge is 0.162 e. The van der Waals surface area contributed by atoms with Crippen molar-refractivity contribution in [1.29, 1.82) is 0 Å². The Morgan fingerprint density at radius 2 is 2.10 bits per heavy atom. The maximum Gasteiger partial charge on any atom is 0.162 e. The van der Waals surface area contributed by atoms with Gasteiger partial charge in [-0.1, -0.05) is 38.8 Å². The van der Waals surface area contributed by atoms with Crippen molar-refractivity contribution in [3.63, 3.8) is 0 Å². The normalized spacial score (nSPS) is 24.6. The van der Waals surface area contributed by atoms with Crippen molar-refractivity contribution in [3.8, 4) is 0 Å². The standard InChI is InChI=1S/C17H25F2N/c1-3-20-16(13-7-4-6-12(2)10-13)11-14-8-5-9-15(18)17(14)19/h5,8-9,12-13,16,20H,3-4,6-7,10-11H2,1-2H3. The molecular weight excluding hydrogens is 256 g/mol. The quantitative estimate of drug-likeness (QED) is 0.848. The van der Waals surface area contributed by atoms with Crippen LogP contribution in [0.4, 0.5) is 8.78 Å². The molecule has 0 heterocycles. The Morgan fingerprint density at radius 3 is 2.80 bits per heavy atom. The lowest BCUT2D eigenvalue weighted by Crippen LogP contribution is -2.40. The van der Waals surface area contributed by atoms with Crippen LogP contribution in [-0.4, -0.2) is 12.6 Å². The molecule has 0 amide bonds. The van der Waals surface area contributed by atoms with E-state index in [0.717, 1.165) is 12.5 Å². The predicted molar refractivity (Wildman–Crippen MR) is 78.6 cm³/mol. The average Bonchev–Trinajstić information content (AvgIpc) is 2.43. The van der Waals surface area contributed by atoms with Gasteiger partial charge in [-0.2, -0.15) is 0 Å². The lowest BCUT2D eigenvalue weighted by atomic mass is 9.77. The second-order valence-corrected chi connectivity index (χ2v) is 6.11. The zero-order chi connectivity index (χ0) is 14.5. The minimum Gasteiger partial charge on any atom is -0.314 e. The summed E-state index contributed by atoms with van der Waals surface area (Å²) in [4.78, 5) is 0. The van der Waals surface area contributed by atoms with Crippen LogP contribution < -0.4 is 5.32 Å². The van der Waals surface area contributed by atoms with Gasteiger partial charge in [0.2, 0.25) is 0 Å². The number of likely N-dealkylation sites (N-methyl/N-ethyl adjacent to an activating group) is 1. The van der Waals surface area contributed by atoms with Crippen LogP contribution in [0.25, 0.3) is 0 Å². The van der Waals surface area contributed by atoms with Crippen molar-refractivity contribution in [2.24, 2.45) is 11.8 Å². The molecule has 20 heavy (non-hydrogen) atoms. The molecule has 0 aliphatic heterocycles. The summed E-state index contributed by atoms with van der Waals surface area (Å²) in [6.07, 6.45) is 5.51. The SMILES string of the molecule is CCNC(Cc1cccc(F)c1F)C1CCCC(C)C1. The molecule has 0 bridgehead atoms. The van der Waals surface area contributed by atoms with Gasteiger partial charge in [0.05, 0.1) is 0 Å². The zero-order valence-electron chi connectivity index (χ0n) is 12.5. The molecule has 0 radical (unpaired) electrons. The van der Waals surface area contributed by atoms with Crippen molar-refractivity contribution < 1.29 is 8.78 Å². The topological polar surface area (TPSA) is 12.0 Å². The van der Waals surface area contributed by atoms with Gasteiger partial charge >= 0.3 is 0 Å². The Balaban J connectivity index is 2.10. The van der Waals surface area contributed by atoms with E-state index in [9.17, 15) is 8.78 Å². The molecule has 3 unspecified atom stereocenters. The van der Waals surface area contributed by atoms with E-state index in [4.69, 9.17) is 0 Å². The minimum atomic E-state index is -0.741. The van der Waals surface area contributed by atoms with Crippen LogP contribution in [0.3, 0.4) is 0 Å². The first-order chi connectivity index (χ1) is 9.61. The van der Waals surface area contributed by atoms with Crippen LogP contribution >= 0.6 is 0 Å². The van der Waals surface area contributed by atoms with Crippen molar-refractivity contribution in [2.75, 3.05) is 6.54 Å². The highest BCUT2D eigenvalue weighted by Crippen LogP contribution is 2.32. The third-order valence-corrected chi connectivity index (χ3v) is 4.48. The lowest BCUT2D eigenvalue weighted by Gasteiger charge is -2.34. The van der Waals surface area contributed by atoms with Gasteiger partial charge in [-0.25, -0.2) is 8.78 Å². The van der Waals surface area contributed by atoms with Gasteiger partial charge in [-0.3, -0.25) is 0 Å². The van der Waals surface area contributed by atoms with E-state index in [1.165, 1.54) is 31.7 Å². The maximum atomic E-state index is 13.8. The molecule has 0 aromatic heterocycles. The lowest BCUT2D eigenvalue weighted by molar-refractivity contribution is 0.221. The molecular formula is C17H25F2N. The van der Waals surface area contributed by atoms with E-state index in [1.54, 1.807) is 12.1 Å². The summed E-state index contributed by atoms with van der Waals surface area (Å²) in [6.45, 7) is 5.23. The fourth-order valence-electron chi connectivity index (χ4n) is 3.46. The fourth-order valence-corrected chi connectivity index (χ4v) is 3.46. The van der Waals surface area contributed by atoms with Crippen LogP contribution in [0.15, 0.2) is 18.2 Å². The second kappa shape index (κ2) is 7.16. The van der Waals surface area contributed by atoms with Gasteiger partial charge in [-0.15, -0.1) is 0 Å². The van der Waals surface area contributed by atoms with Gasteiger partial charge in [0.15, 0.2) is 11.6 Å². The summed E-state index contributed by atoms with van der Waals surface area (Å²) in [7, 11) is 0. The summed E-state index contributed by atoms with van der Waals surface area (Å²) >= 11 is 0. The summed E-state index contributed by atoms with van der Waals surface area (Å²) in [5.41, 5.74) is 0.495. The van der Waals surface area contributed by atoms with Gasteiger partial charge in [0.25, 0.3) is 0 Å². The van der Waals surface area contributed by atoms with Gasteiger partial charge in [-0.05, 0) is 49.3 Å². The Hall–Kier alpha value is -0.960. The highest BCUT2D eigenvalue weighted by molar-refractivity contribution is 5.20. The van der Waals surface area contributed by atoms with E-state index in [2.05, 4.69) is 19.2 Å². The van der Waals surface area contributed by atoms with Crippen molar-refractivity contribution in [3.05, 3.63) is 35.4 Å². The Labute approximate surface area is 120 Å². The first kappa shape index (κ1) is 15.4. The molecule has 1 nitrogen and oxygen atoms in total. The molecule has 3 atom stereocenters. The first-order valence-electron chi connectivity index (χ1n) is 7.78. The molecule has 1 aliphatic rings. The van der Waals surface area contributed by atoms with E-state index in [-0.39, 0.29) is 6.04 Å². The third kappa shape index (κ3) is 3.78. The van der Waals surface area contributed by atoms with E-state index >= 15 is 0 Å². The fraction of sp³-hybridized carbons (Fsp3) is 0.647. The number of hydrogen-bond acceptors (Lipinski definition) is 1. The zero-order valence-corrected chi connectivity index (χ0v) is 12.5. The molecule has 1 aromatic carbocycles. The molecule has 1 fully saturated rings. The second-order valence-electron chi connectivity index (χ2n) is 6.11. The maximum absolute atomic E-state index is 13.8. The van der Waals surface area contributed by atoms with Gasteiger partial charge in [0.1, 0.15) is 0 Å². The van der Waals surface area contributed by atoms with Crippen LogP contribution in [0.1, 0.15) is 45.1 Å². The Morgan fingerprint density at radius 1 is 1.30 bits per heavy atom. The van der Waals surface area contributed by atoms with E-state index < -0.39 is 11.6 Å². The van der Waals surface area contributed by atoms with Crippen molar-refractivity contribution in [2.45, 2.75) is 52.0 Å². The summed E-state index contributed by atoms with van der Waals surface area (Å²) in [5.74, 6) is -0.109. The molecule has 1 aromatic rings. The third-order valence-electron chi connectivity index (χ3n) is 4.48. The molecule has 1 N–H and O–H groups in total. The van der Waals surface area contributed by atoms with E-state index in [1.807, 2.05) is 0 Å². The van der Waals surface area contributed by atoms with Gasteiger partial charge < -0.3 is 5.32 Å². The van der Waals surface area contributed by atoms with Crippen LogP contribution in [-0.2, 0) is 6.42 Å². The van der Waals surface area contributed by atoms with Gasteiger partial charge in [0, 0.05) is 6.04 Å². The van der Waals surface area contributed by atoms with Crippen LogP contribution in [0.5, 0.6) is 0 Å². The van der Waals surface area contributed by atoms with Crippen molar-refractivity contribution >= 4 is 0 Å². The summed E-state index contributed by atoms with van der Waals surface area (Å²) in [6, 6.07) is 4.73. The minimum absolute atomic E-state index is 0.249. The van der Waals surface area contributed by atoms with Crippen LogP contribution in [0, 0.1) is 23.5 Å². The molecule has 0 saturated heterocycles. The van der Waals surface area contributed by atoms with Crippen molar-refractivity contribution in [1.82, 2.24) is 5.32 Å². The van der Waals surface area contributed by atoms with Crippen LogP contribution in [0.2, 0.25) is 0 Å². The molecule has 1 aliphatic carbocycles. The highest BCUT2D eigenvalue weighted by Gasteiger charge is 2.27. The largest absolute Gasteiger partial charge is 0.314 e. The number of nitrogens with one attached hydrogen (secondary N) is 1. The summed E-state index contributed by atoms with van der Waals surface area (Å²) in [5, 5.41) is 3.48. The molecule has 3 heteroatoms. The predicted octanol–water partition coefficient (Wildman–Crippen LogP) is 4.31. The molecule has 0 spiro atoms. The first-order valence-corrected chi connectivity index (χ1v) is 7.78. The van der Waals surface area contributed by atoms with E-state index in [0.29, 0.717) is 17.9 Å². The molecule has 1 saturated carbocycles. The number of rotatable bonds is 5.